The molecule has 0 bridgehead atoms. The van der Waals surface area contributed by atoms with Crippen LogP contribution in [0.3, 0.4) is 0 Å². The maximum absolute atomic E-state index is 12.6. The highest BCUT2D eigenvalue weighted by atomic mass is 32.1. The Hall–Kier alpha value is -3.07. The molecular weight excluding hydrogens is 392 g/mol. The lowest BCUT2D eigenvalue weighted by molar-refractivity contribution is 0.0393. The largest absolute Gasteiger partial charge is 0.443 e. The van der Waals surface area contributed by atoms with E-state index >= 15 is 0 Å². The molecule has 154 valence electrons. The van der Waals surface area contributed by atoms with Gasteiger partial charge in [-0.2, -0.15) is 0 Å². The van der Waals surface area contributed by atoms with Crippen molar-refractivity contribution >= 4 is 17.6 Å². The molecule has 8 nitrogen and oxygen atoms in total. The Morgan fingerprint density at radius 1 is 1.00 bits per heavy atom. The van der Waals surface area contributed by atoms with Gasteiger partial charge in [-0.05, 0) is 26.3 Å². The summed E-state index contributed by atoms with van der Waals surface area (Å²) >= 11 is 0.913. The summed E-state index contributed by atoms with van der Waals surface area (Å²) in [6.45, 7) is 6.53. The van der Waals surface area contributed by atoms with Crippen molar-refractivity contribution in [2.45, 2.75) is 39.5 Å². The van der Waals surface area contributed by atoms with Gasteiger partial charge in [-0.1, -0.05) is 30.3 Å². The molecule has 1 aliphatic rings. The monoisotopic (exact) mass is 416 g/mol. The van der Waals surface area contributed by atoms with E-state index in [1.807, 2.05) is 56.0 Å². The van der Waals surface area contributed by atoms with Crippen LogP contribution in [0.15, 0.2) is 64.7 Å². The highest BCUT2D eigenvalue weighted by Gasteiger charge is 2.21. The molecule has 1 amide bonds. The number of carbonyl (C=O) groups is 1. The average Bonchev–Trinajstić information content (AvgIpc) is 2.94. The summed E-state index contributed by atoms with van der Waals surface area (Å²) in [5, 5.41) is 0. The molecule has 0 atom stereocenters. The first kappa shape index (κ1) is 20.7. The normalized spacial score (nSPS) is 13.8. The summed E-state index contributed by atoms with van der Waals surface area (Å²) in [5.41, 5.74) is 0.0199. The zero-order valence-corrected chi connectivity index (χ0v) is 17.5. The van der Waals surface area contributed by atoms with Gasteiger partial charge in [0.1, 0.15) is 5.60 Å². The number of amides is 1. The van der Waals surface area contributed by atoms with E-state index in [-0.39, 0.29) is 17.1 Å². The lowest BCUT2D eigenvalue weighted by Gasteiger charge is -2.26. The number of ether oxygens (including phenoxy) is 1. The highest BCUT2D eigenvalue weighted by Crippen LogP contribution is 2.13. The van der Waals surface area contributed by atoms with Crippen LogP contribution in [0.5, 0.6) is 0 Å². The fourth-order valence-corrected chi connectivity index (χ4v) is 3.42. The van der Waals surface area contributed by atoms with Crippen LogP contribution >= 0.6 is 11.5 Å². The van der Waals surface area contributed by atoms with Crippen LogP contribution in [0.1, 0.15) is 26.3 Å². The summed E-state index contributed by atoms with van der Waals surface area (Å²) in [5.74, 6) is 0. The van der Waals surface area contributed by atoms with Crippen molar-refractivity contribution in [3.63, 3.8) is 0 Å². The van der Waals surface area contributed by atoms with E-state index < -0.39 is 11.7 Å². The van der Waals surface area contributed by atoms with E-state index in [1.165, 1.54) is 13.4 Å². The third kappa shape index (κ3) is 5.47. The van der Waals surface area contributed by atoms with Gasteiger partial charge in [0.25, 0.3) is 0 Å². The second-order valence-electron chi connectivity index (χ2n) is 7.54. The van der Waals surface area contributed by atoms with Crippen molar-refractivity contribution in [3.8, 4) is 0 Å². The molecule has 3 rings (SSSR count). The third-order valence-corrected chi connectivity index (χ3v) is 4.98. The molecule has 9 heteroatoms. The van der Waals surface area contributed by atoms with Crippen molar-refractivity contribution < 1.29 is 9.53 Å². The lowest BCUT2D eigenvalue weighted by Crippen LogP contribution is -2.33. The minimum atomic E-state index is -0.568. The Balaban J connectivity index is 1.59. The Morgan fingerprint density at radius 3 is 2.28 bits per heavy atom. The van der Waals surface area contributed by atoms with E-state index in [0.717, 1.165) is 17.1 Å². The van der Waals surface area contributed by atoms with E-state index in [2.05, 4.69) is 0 Å². The van der Waals surface area contributed by atoms with Gasteiger partial charge in [0.2, 0.25) is 0 Å². The molecule has 0 unspecified atom stereocenters. The SMILES string of the molecule is CC(C)(C)OC(=O)N1C=CN(CCn2sc(=O)n(Cc3ccccc3)c2=O)C=C1. The number of hydrogen-bond donors (Lipinski definition) is 0. The fourth-order valence-electron chi connectivity index (χ4n) is 2.64. The second kappa shape index (κ2) is 8.52. The van der Waals surface area contributed by atoms with Crippen molar-refractivity contribution in [2.75, 3.05) is 6.54 Å². The van der Waals surface area contributed by atoms with Gasteiger partial charge in [-0.15, -0.1) is 0 Å². The van der Waals surface area contributed by atoms with Gasteiger partial charge in [0, 0.05) is 42.9 Å². The first-order valence-electron chi connectivity index (χ1n) is 9.21. The zero-order chi connectivity index (χ0) is 21.0. The highest BCUT2D eigenvalue weighted by molar-refractivity contribution is 7.03. The maximum atomic E-state index is 12.6. The van der Waals surface area contributed by atoms with Crippen molar-refractivity contribution in [1.29, 1.82) is 0 Å². The Bertz CT molecular complexity index is 1010. The Labute approximate surface area is 172 Å². The summed E-state index contributed by atoms with van der Waals surface area (Å²) in [6, 6.07) is 9.41. The molecule has 0 saturated carbocycles. The fraction of sp³-hybridized carbons (Fsp3) is 0.350. The minimum Gasteiger partial charge on any atom is -0.443 e. The molecule has 1 aromatic heterocycles. The van der Waals surface area contributed by atoms with Crippen molar-refractivity contribution in [1.82, 2.24) is 18.3 Å². The van der Waals surface area contributed by atoms with Gasteiger partial charge >= 0.3 is 16.7 Å². The summed E-state index contributed by atoms with van der Waals surface area (Å²) in [7, 11) is 0. The van der Waals surface area contributed by atoms with E-state index in [0.29, 0.717) is 13.1 Å². The van der Waals surface area contributed by atoms with Crippen LogP contribution in [0.25, 0.3) is 0 Å². The molecule has 1 aliphatic heterocycles. The van der Waals surface area contributed by atoms with Gasteiger partial charge in [0.05, 0.1) is 13.1 Å². The maximum Gasteiger partial charge on any atom is 0.418 e. The smallest absolute Gasteiger partial charge is 0.418 e. The van der Waals surface area contributed by atoms with Crippen LogP contribution < -0.4 is 10.6 Å². The van der Waals surface area contributed by atoms with Gasteiger partial charge in [-0.3, -0.25) is 9.69 Å². The van der Waals surface area contributed by atoms with Crippen LogP contribution in [0.4, 0.5) is 4.79 Å². The number of aromatic nitrogens is 2. The second-order valence-corrected chi connectivity index (χ2v) is 8.51. The van der Waals surface area contributed by atoms with E-state index in [1.54, 1.807) is 24.8 Å². The molecule has 0 N–H and O–H groups in total. The molecule has 0 aliphatic carbocycles. The zero-order valence-electron chi connectivity index (χ0n) is 16.6. The van der Waals surface area contributed by atoms with Crippen molar-refractivity contribution in [2.24, 2.45) is 0 Å². The molecule has 2 heterocycles. The molecular formula is C20H24N4O4S. The van der Waals surface area contributed by atoms with Gasteiger partial charge < -0.3 is 9.64 Å². The number of carbonyl (C=O) groups excluding carboxylic acids is 1. The van der Waals surface area contributed by atoms with Crippen LogP contribution in [-0.2, 0) is 17.8 Å². The third-order valence-electron chi connectivity index (χ3n) is 4.04. The molecule has 0 saturated heterocycles. The number of rotatable bonds is 5. The van der Waals surface area contributed by atoms with Crippen molar-refractivity contribution in [3.05, 3.63) is 80.8 Å². The Morgan fingerprint density at radius 2 is 1.66 bits per heavy atom. The van der Waals surface area contributed by atoms with Crippen LogP contribution in [0, 0.1) is 0 Å². The van der Waals surface area contributed by atoms with Gasteiger partial charge in [0.15, 0.2) is 0 Å². The van der Waals surface area contributed by atoms with E-state index in [9.17, 15) is 14.4 Å². The molecule has 2 aromatic rings. The molecule has 0 spiro atoms. The standard InChI is InChI=1S/C20H24N4O4S/c1-20(2,3)28-18(26)22-12-9-21(10-13-22)11-14-24-17(25)23(19(27)29-24)15-16-7-5-4-6-8-16/h4-10,12-13H,11,14-15H2,1-3H3. The minimum absolute atomic E-state index is 0.260. The Kier molecular flexibility index (Phi) is 6.07. The number of benzene rings is 1. The average molecular weight is 417 g/mol. The first-order valence-corrected chi connectivity index (χ1v) is 9.99. The number of nitrogens with zero attached hydrogens (tertiary/aromatic N) is 4. The predicted octanol–water partition coefficient (Wildman–Crippen LogP) is 2.61. The summed E-state index contributed by atoms with van der Waals surface area (Å²) in [6.07, 6.45) is 6.18. The summed E-state index contributed by atoms with van der Waals surface area (Å²) in [4.78, 5) is 39.7. The van der Waals surface area contributed by atoms with Crippen LogP contribution in [0.2, 0.25) is 0 Å². The molecule has 0 fully saturated rings. The van der Waals surface area contributed by atoms with E-state index in [4.69, 9.17) is 4.74 Å². The molecule has 0 radical (unpaired) electrons. The predicted molar refractivity (Wildman–Crippen MR) is 111 cm³/mol. The van der Waals surface area contributed by atoms with Crippen LogP contribution in [-0.4, -0.2) is 36.6 Å². The number of hydrogen-bond acceptors (Lipinski definition) is 6. The molecule has 1 aromatic carbocycles. The molecule has 29 heavy (non-hydrogen) atoms. The summed E-state index contributed by atoms with van der Waals surface area (Å²) < 4.78 is 8.00. The lowest BCUT2D eigenvalue weighted by atomic mass is 10.2. The first-order chi connectivity index (χ1) is 13.7. The topological polar surface area (TPSA) is 76.8 Å². The quantitative estimate of drug-likeness (QED) is 0.749. The van der Waals surface area contributed by atoms with Gasteiger partial charge in [-0.25, -0.2) is 18.1 Å².